The van der Waals surface area contributed by atoms with Gasteiger partial charge in [0.2, 0.25) is 0 Å². The molecule has 13 aromatic carbocycles. The molecule has 356 valence electrons. The molecule has 0 radical (unpaired) electrons. The monoisotopic (exact) mass is 965 g/mol. The molecule has 0 saturated heterocycles. The zero-order valence-corrected chi connectivity index (χ0v) is 41.9. The standard InChI is InChI=1S/C75H51N/c1-7-24-52(25-8-1)63-46-43-61(50-69(63)53-26-9-2-10-27-53)76(62-44-47-67-66-39-21-22-41-71(66)75(72(67)51-62,58-33-15-5-16-34-58)59-35-17-6-18-36-59)60-37-23-32-56(48-60)57-42-45-65-64-38-19-20-40-68(64)73(54-28-11-3-12-29-54)74(70(65)49-57)55-30-13-4-14-31-55/h1-51H. The Hall–Kier alpha value is -9.82. The fourth-order valence-corrected chi connectivity index (χ4v) is 12.4. The van der Waals surface area contributed by atoms with Crippen LogP contribution in [0.1, 0.15) is 22.3 Å². The lowest BCUT2D eigenvalue weighted by molar-refractivity contribution is 0.768. The molecule has 0 heterocycles. The second kappa shape index (κ2) is 18.9. The Morgan fingerprint density at radius 1 is 0.211 bits per heavy atom. The maximum absolute atomic E-state index is 2.48. The van der Waals surface area contributed by atoms with E-state index in [2.05, 4.69) is 314 Å². The van der Waals surface area contributed by atoms with Crippen LogP contribution in [0.5, 0.6) is 0 Å². The molecule has 0 spiro atoms. The molecule has 14 rings (SSSR count). The first kappa shape index (κ1) is 44.8. The summed E-state index contributed by atoms with van der Waals surface area (Å²) in [6, 6.07) is 114. The third-order valence-electron chi connectivity index (χ3n) is 15.7. The van der Waals surface area contributed by atoms with Gasteiger partial charge in [-0.05, 0) is 153 Å². The van der Waals surface area contributed by atoms with Crippen LogP contribution >= 0.6 is 0 Å². The highest BCUT2D eigenvalue weighted by atomic mass is 15.1. The van der Waals surface area contributed by atoms with E-state index in [0.29, 0.717) is 0 Å². The molecule has 76 heavy (non-hydrogen) atoms. The first-order chi connectivity index (χ1) is 37.7. The summed E-state index contributed by atoms with van der Waals surface area (Å²) < 4.78 is 0. The van der Waals surface area contributed by atoms with Crippen LogP contribution in [0.4, 0.5) is 17.1 Å². The van der Waals surface area contributed by atoms with Crippen LogP contribution in [0.3, 0.4) is 0 Å². The quantitative estimate of drug-likeness (QED) is 0.123. The number of anilines is 3. The number of nitrogens with zero attached hydrogens (tertiary/aromatic N) is 1. The molecule has 0 unspecified atom stereocenters. The van der Waals surface area contributed by atoms with E-state index >= 15 is 0 Å². The highest BCUT2D eigenvalue weighted by Crippen LogP contribution is 2.57. The summed E-state index contributed by atoms with van der Waals surface area (Å²) in [4.78, 5) is 2.48. The van der Waals surface area contributed by atoms with Crippen molar-refractivity contribution in [3.05, 3.63) is 332 Å². The molecule has 13 aromatic rings. The Bertz CT molecular complexity index is 4210. The SMILES string of the molecule is c1ccc(-c2ccc(N(c3cccc(-c4ccc5c(c4)c(-c4ccccc4)c(-c4ccccc4)c4ccccc45)c3)c3ccc4c(c3)C(c3ccccc3)(c3ccccc3)c3ccccc3-4)cc2-c2ccccc2)cc1. The average molecular weight is 966 g/mol. The van der Waals surface area contributed by atoms with Gasteiger partial charge in [-0.2, -0.15) is 0 Å². The summed E-state index contributed by atoms with van der Waals surface area (Å²) >= 11 is 0. The highest BCUT2D eigenvalue weighted by Gasteiger charge is 2.46. The van der Waals surface area contributed by atoms with Crippen molar-refractivity contribution in [1.29, 1.82) is 0 Å². The summed E-state index contributed by atoms with van der Waals surface area (Å²) in [5.74, 6) is 0. The van der Waals surface area contributed by atoms with Crippen LogP contribution in [0.15, 0.2) is 309 Å². The van der Waals surface area contributed by atoms with Crippen molar-refractivity contribution < 1.29 is 0 Å². The molecule has 1 nitrogen and oxygen atoms in total. The fraction of sp³-hybridized carbons (Fsp3) is 0.0133. The summed E-state index contributed by atoms with van der Waals surface area (Å²) in [6.45, 7) is 0. The Labute approximate surface area is 444 Å². The van der Waals surface area contributed by atoms with E-state index in [-0.39, 0.29) is 0 Å². The van der Waals surface area contributed by atoms with Crippen LogP contribution in [0, 0.1) is 0 Å². The van der Waals surface area contributed by atoms with Crippen LogP contribution in [0.25, 0.3) is 88.3 Å². The van der Waals surface area contributed by atoms with Crippen LogP contribution < -0.4 is 4.90 Å². The van der Waals surface area contributed by atoms with E-state index in [9.17, 15) is 0 Å². The minimum Gasteiger partial charge on any atom is -0.310 e. The van der Waals surface area contributed by atoms with Gasteiger partial charge in [0, 0.05) is 17.1 Å². The van der Waals surface area contributed by atoms with E-state index in [1.165, 1.54) is 99.4 Å². The molecule has 1 aliphatic rings. The van der Waals surface area contributed by atoms with Gasteiger partial charge in [-0.15, -0.1) is 0 Å². The van der Waals surface area contributed by atoms with E-state index < -0.39 is 5.41 Å². The summed E-state index contributed by atoms with van der Waals surface area (Å²) in [7, 11) is 0. The molecule has 1 heteroatoms. The molecular formula is C75H51N. The largest absolute Gasteiger partial charge is 0.310 e. The molecule has 0 fully saturated rings. The second-order valence-corrected chi connectivity index (χ2v) is 19.9. The molecule has 0 aliphatic heterocycles. The van der Waals surface area contributed by atoms with Gasteiger partial charge < -0.3 is 4.90 Å². The Kier molecular flexibility index (Phi) is 11.2. The first-order valence-corrected chi connectivity index (χ1v) is 26.3. The fourth-order valence-electron chi connectivity index (χ4n) is 12.4. The predicted molar refractivity (Wildman–Crippen MR) is 321 cm³/mol. The van der Waals surface area contributed by atoms with Crippen molar-refractivity contribution in [3.63, 3.8) is 0 Å². The summed E-state index contributed by atoms with van der Waals surface area (Å²) in [5, 5.41) is 4.96. The zero-order valence-electron chi connectivity index (χ0n) is 41.9. The van der Waals surface area contributed by atoms with Gasteiger partial charge in [0.25, 0.3) is 0 Å². The van der Waals surface area contributed by atoms with Crippen molar-refractivity contribution in [2.45, 2.75) is 5.41 Å². The average Bonchev–Trinajstić information content (AvgIpc) is 3.82. The summed E-state index contributed by atoms with van der Waals surface area (Å²) in [6.07, 6.45) is 0. The van der Waals surface area contributed by atoms with Crippen molar-refractivity contribution in [1.82, 2.24) is 0 Å². The lowest BCUT2D eigenvalue weighted by Crippen LogP contribution is -2.28. The Balaban J connectivity index is 1.01. The normalized spacial score (nSPS) is 12.3. The minimum absolute atomic E-state index is 0.561. The number of rotatable bonds is 10. The van der Waals surface area contributed by atoms with Gasteiger partial charge in [-0.25, -0.2) is 0 Å². The van der Waals surface area contributed by atoms with Gasteiger partial charge in [-0.3, -0.25) is 0 Å². The van der Waals surface area contributed by atoms with Crippen molar-refractivity contribution in [3.8, 4) is 66.8 Å². The lowest BCUT2D eigenvalue weighted by Gasteiger charge is -2.35. The smallest absolute Gasteiger partial charge is 0.0714 e. The maximum Gasteiger partial charge on any atom is 0.0714 e. The van der Waals surface area contributed by atoms with Gasteiger partial charge in [-0.1, -0.05) is 267 Å². The minimum atomic E-state index is -0.561. The number of hydrogen-bond donors (Lipinski definition) is 0. The summed E-state index contributed by atoms with van der Waals surface area (Å²) in [5.41, 5.74) is 22.1. The molecule has 0 amide bonds. The highest BCUT2D eigenvalue weighted by molar-refractivity contribution is 6.22. The number of hydrogen-bond acceptors (Lipinski definition) is 1. The third-order valence-corrected chi connectivity index (χ3v) is 15.7. The zero-order chi connectivity index (χ0) is 50.4. The first-order valence-electron chi connectivity index (χ1n) is 26.3. The molecule has 0 saturated carbocycles. The predicted octanol–water partition coefficient (Wildman–Crippen LogP) is 20.2. The van der Waals surface area contributed by atoms with Crippen LogP contribution in [-0.4, -0.2) is 0 Å². The second-order valence-electron chi connectivity index (χ2n) is 19.9. The van der Waals surface area contributed by atoms with Gasteiger partial charge in [0.05, 0.1) is 5.41 Å². The van der Waals surface area contributed by atoms with Crippen molar-refractivity contribution in [2.75, 3.05) is 4.90 Å². The number of fused-ring (bicyclic) bond motifs is 6. The van der Waals surface area contributed by atoms with Crippen LogP contribution in [-0.2, 0) is 5.41 Å². The van der Waals surface area contributed by atoms with E-state index in [1.54, 1.807) is 0 Å². The van der Waals surface area contributed by atoms with Crippen LogP contribution in [0.2, 0.25) is 0 Å². The number of benzene rings is 13. The van der Waals surface area contributed by atoms with E-state index in [0.717, 1.165) is 28.2 Å². The van der Waals surface area contributed by atoms with Crippen molar-refractivity contribution >= 4 is 38.6 Å². The van der Waals surface area contributed by atoms with E-state index in [1.807, 2.05) is 0 Å². The Morgan fingerprint density at radius 3 is 1.28 bits per heavy atom. The topological polar surface area (TPSA) is 3.24 Å². The lowest BCUT2D eigenvalue weighted by atomic mass is 9.67. The molecule has 0 N–H and O–H groups in total. The van der Waals surface area contributed by atoms with Crippen molar-refractivity contribution in [2.24, 2.45) is 0 Å². The molecule has 0 atom stereocenters. The molecular weight excluding hydrogens is 915 g/mol. The third kappa shape index (κ3) is 7.47. The molecule has 0 aromatic heterocycles. The van der Waals surface area contributed by atoms with Gasteiger partial charge >= 0.3 is 0 Å². The maximum atomic E-state index is 2.48. The molecule has 1 aliphatic carbocycles. The Morgan fingerprint density at radius 2 is 0.645 bits per heavy atom. The molecule has 0 bridgehead atoms. The van der Waals surface area contributed by atoms with E-state index in [4.69, 9.17) is 0 Å². The van der Waals surface area contributed by atoms with Gasteiger partial charge in [0.15, 0.2) is 0 Å². The van der Waals surface area contributed by atoms with Gasteiger partial charge in [0.1, 0.15) is 0 Å².